The number of piperazine rings is 1. The molecule has 2 heterocycles. The maximum absolute atomic E-state index is 11.6. The van der Waals surface area contributed by atoms with Crippen LogP contribution in [0.2, 0.25) is 0 Å². The van der Waals surface area contributed by atoms with Crippen molar-refractivity contribution in [2.24, 2.45) is 5.41 Å². The number of fused-ring (bicyclic) bond motifs is 1. The lowest BCUT2D eigenvalue weighted by atomic mass is 9.84. The van der Waals surface area contributed by atoms with Crippen LogP contribution in [0.4, 0.5) is 4.79 Å². The Morgan fingerprint density at radius 2 is 2.11 bits per heavy atom. The Morgan fingerprint density at radius 1 is 1.37 bits per heavy atom. The molecule has 1 amide bonds. The van der Waals surface area contributed by atoms with Crippen LogP contribution < -0.4 is 4.74 Å². The predicted molar refractivity (Wildman–Crippen MR) is 108 cm³/mol. The molecule has 1 saturated heterocycles. The summed E-state index contributed by atoms with van der Waals surface area (Å²) >= 11 is 3.57. The van der Waals surface area contributed by atoms with Gasteiger partial charge >= 0.3 is 6.09 Å². The summed E-state index contributed by atoms with van der Waals surface area (Å²) in [7, 11) is 1.67. The molecule has 2 unspecified atom stereocenters. The number of hydrogen-bond acceptors (Lipinski definition) is 4. The second kappa shape index (κ2) is 7.97. The van der Waals surface area contributed by atoms with Crippen LogP contribution >= 0.6 is 15.9 Å². The van der Waals surface area contributed by atoms with Gasteiger partial charge in [-0.1, -0.05) is 20.8 Å². The molecule has 1 N–H and O–H groups in total. The minimum atomic E-state index is -0.830. The van der Waals surface area contributed by atoms with E-state index in [1.807, 2.05) is 0 Å². The van der Waals surface area contributed by atoms with Gasteiger partial charge in [-0.2, -0.15) is 0 Å². The summed E-state index contributed by atoms with van der Waals surface area (Å²) in [5, 5.41) is 9.56. The highest BCUT2D eigenvalue weighted by molar-refractivity contribution is 9.10. The highest BCUT2D eigenvalue weighted by atomic mass is 79.9. The number of carbonyl (C=O) groups is 1. The van der Waals surface area contributed by atoms with Gasteiger partial charge in [-0.15, -0.1) is 0 Å². The van der Waals surface area contributed by atoms with Crippen LogP contribution in [0.25, 0.3) is 0 Å². The SMILES string of the molecule is COc1cc2c(cc1Br)CCOC2CN1CCN(C(=O)O)C(C(C)(C)C)C1. The van der Waals surface area contributed by atoms with E-state index in [1.54, 1.807) is 12.0 Å². The van der Waals surface area contributed by atoms with Crippen LogP contribution in [0.15, 0.2) is 16.6 Å². The van der Waals surface area contributed by atoms with E-state index in [9.17, 15) is 9.90 Å². The van der Waals surface area contributed by atoms with Gasteiger partial charge in [0.2, 0.25) is 0 Å². The first-order valence-electron chi connectivity index (χ1n) is 9.40. The molecule has 0 aliphatic carbocycles. The van der Waals surface area contributed by atoms with E-state index >= 15 is 0 Å². The number of methoxy groups -OCH3 is 1. The number of ether oxygens (including phenoxy) is 2. The van der Waals surface area contributed by atoms with E-state index in [1.165, 1.54) is 11.1 Å². The van der Waals surface area contributed by atoms with Crippen LogP contribution in [0, 0.1) is 5.41 Å². The molecule has 27 heavy (non-hydrogen) atoms. The summed E-state index contributed by atoms with van der Waals surface area (Å²) in [6, 6.07) is 4.16. The zero-order valence-corrected chi connectivity index (χ0v) is 18.1. The first-order valence-corrected chi connectivity index (χ1v) is 10.2. The quantitative estimate of drug-likeness (QED) is 0.774. The number of hydrogen-bond donors (Lipinski definition) is 1. The molecule has 0 spiro atoms. The first-order chi connectivity index (χ1) is 12.7. The lowest BCUT2D eigenvalue weighted by Gasteiger charge is -2.46. The van der Waals surface area contributed by atoms with Crippen molar-refractivity contribution in [2.75, 3.05) is 39.9 Å². The number of rotatable bonds is 3. The Bertz CT molecular complexity index is 704. The Balaban J connectivity index is 1.78. The molecule has 7 heteroatoms. The molecule has 6 nitrogen and oxygen atoms in total. The summed E-state index contributed by atoms with van der Waals surface area (Å²) in [6.45, 7) is 9.75. The molecular formula is C20H29BrN2O4. The van der Waals surface area contributed by atoms with E-state index < -0.39 is 6.09 Å². The zero-order valence-electron chi connectivity index (χ0n) is 16.5. The lowest BCUT2D eigenvalue weighted by molar-refractivity contribution is -0.0210. The number of nitrogens with zero attached hydrogens (tertiary/aromatic N) is 2. The van der Waals surface area contributed by atoms with E-state index in [4.69, 9.17) is 9.47 Å². The third kappa shape index (κ3) is 4.41. The molecule has 150 valence electrons. The minimum Gasteiger partial charge on any atom is -0.496 e. The fourth-order valence-corrected chi connectivity index (χ4v) is 4.60. The molecule has 2 aliphatic heterocycles. The van der Waals surface area contributed by atoms with E-state index in [2.05, 4.69) is 53.7 Å². The molecule has 0 radical (unpaired) electrons. The average molecular weight is 441 g/mol. The Morgan fingerprint density at radius 3 is 2.74 bits per heavy atom. The molecule has 0 aromatic heterocycles. The first kappa shape index (κ1) is 20.4. The normalized spacial score (nSPS) is 23.8. The smallest absolute Gasteiger partial charge is 0.407 e. The highest BCUT2D eigenvalue weighted by Crippen LogP contribution is 2.36. The lowest BCUT2D eigenvalue weighted by Crippen LogP contribution is -2.59. The van der Waals surface area contributed by atoms with Crippen molar-refractivity contribution in [3.8, 4) is 5.75 Å². The van der Waals surface area contributed by atoms with Gasteiger partial charge in [-0.3, -0.25) is 4.90 Å². The van der Waals surface area contributed by atoms with E-state index in [0.717, 1.165) is 36.3 Å². The van der Waals surface area contributed by atoms with Crippen LogP contribution in [0.1, 0.15) is 38.0 Å². The fraction of sp³-hybridized carbons (Fsp3) is 0.650. The van der Waals surface area contributed by atoms with Crippen LogP contribution in [-0.2, 0) is 11.2 Å². The summed E-state index contributed by atoms with van der Waals surface area (Å²) in [6.07, 6.45) is 0.0439. The molecule has 3 rings (SSSR count). The summed E-state index contributed by atoms with van der Waals surface area (Å²) in [5.41, 5.74) is 2.35. The number of benzene rings is 1. The maximum atomic E-state index is 11.6. The van der Waals surface area contributed by atoms with Crippen molar-refractivity contribution in [3.05, 3.63) is 27.7 Å². The van der Waals surface area contributed by atoms with Crippen molar-refractivity contribution in [1.82, 2.24) is 9.80 Å². The third-order valence-electron chi connectivity index (χ3n) is 5.58. The highest BCUT2D eigenvalue weighted by Gasteiger charge is 2.39. The van der Waals surface area contributed by atoms with Gasteiger partial charge in [-0.25, -0.2) is 4.79 Å². The molecule has 0 bridgehead atoms. The fourth-order valence-electron chi connectivity index (χ4n) is 4.05. The van der Waals surface area contributed by atoms with Crippen LogP contribution in [-0.4, -0.2) is 66.9 Å². The van der Waals surface area contributed by atoms with Crippen LogP contribution in [0.5, 0.6) is 5.75 Å². The van der Waals surface area contributed by atoms with Gasteiger partial charge < -0.3 is 19.5 Å². The Labute approximate surface area is 169 Å². The molecular weight excluding hydrogens is 412 g/mol. The topological polar surface area (TPSA) is 62.2 Å². The minimum absolute atomic E-state index is 0.0206. The van der Waals surface area contributed by atoms with E-state index in [0.29, 0.717) is 13.2 Å². The molecule has 1 aromatic rings. The molecule has 0 saturated carbocycles. The van der Waals surface area contributed by atoms with Gasteiger partial charge in [0.15, 0.2) is 0 Å². The summed E-state index contributed by atoms with van der Waals surface area (Å²) in [5.74, 6) is 0.813. The number of amides is 1. The maximum Gasteiger partial charge on any atom is 0.407 e. The van der Waals surface area contributed by atoms with Gasteiger partial charge in [-0.05, 0) is 51.0 Å². The second-order valence-corrected chi connectivity index (χ2v) is 9.27. The third-order valence-corrected chi connectivity index (χ3v) is 6.20. The molecule has 1 fully saturated rings. The largest absolute Gasteiger partial charge is 0.496 e. The van der Waals surface area contributed by atoms with Crippen molar-refractivity contribution in [1.29, 1.82) is 0 Å². The molecule has 2 aliphatic rings. The van der Waals surface area contributed by atoms with Crippen molar-refractivity contribution in [3.63, 3.8) is 0 Å². The number of halogens is 1. The Kier molecular flexibility index (Phi) is 6.03. The molecule has 2 atom stereocenters. The Hall–Kier alpha value is -1.31. The van der Waals surface area contributed by atoms with Crippen molar-refractivity contribution < 1.29 is 19.4 Å². The average Bonchev–Trinajstić information content (AvgIpc) is 2.60. The van der Waals surface area contributed by atoms with Gasteiger partial charge in [0.05, 0.1) is 30.3 Å². The predicted octanol–water partition coefficient (Wildman–Crippen LogP) is 3.78. The van der Waals surface area contributed by atoms with E-state index in [-0.39, 0.29) is 17.6 Å². The zero-order chi connectivity index (χ0) is 19.8. The summed E-state index contributed by atoms with van der Waals surface area (Å²) < 4.78 is 12.5. The summed E-state index contributed by atoms with van der Waals surface area (Å²) in [4.78, 5) is 15.6. The van der Waals surface area contributed by atoms with Crippen molar-refractivity contribution in [2.45, 2.75) is 39.3 Å². The monoisotopic (exact) mass is 440 g/mol. The van der Waals surface area contributed by atoms with Crippen molar-refractivity contribution >= 4 is 22.0 Å². The van der Waals surface area contributed by atoms with Gasteiger partial charge in [0.1, 0.15) is 5.75 Å². The molecule has 1 aromatic carbocycles. The van der Waals surface area contributed by atoms with Crippen LogP contribution in [0.3, 0.4) is 0 Å². The standard InChI is InChI=1S/C20H29BrN2O4/c1-20(2,3)18-12-22(6-7-23(18)19(24)25)11-17-14-10-16(26-4)15(21)9-13(14)5-8-27-17/h9-10,17-18H,5-8,11-12H2,1-4H3,(H,24,25). The number of carboxylic acid groups (broad SMARTS) is 1. The second-order valence-electron chi connectivity index (χ2n) is 8.41. The van der Waals surface area contributed by atoms with Gasteiger partial charge in [0, 0.05) is 26.2 Å². The van der Waals surface area contributed by atoms with Gasteiger partial charge in [0.25, 0.3) is 0 Å².